The molecule has 2 heterocycles. The smallest absolute Gasteiger partial charge is 0.136 e. The summed E-state index contributed by atoms with van der Waals surface area (Å²) in [5.41, 5.74) is 16.0. The lowest BCUT2D eigenvalue weighted by atomic mass is 9.42. The molecule has 7 aliphatic rings. The average Bonchev–Trinajstić information content (AvgIpc) is 3.74. The summed E-state index contributed by atoms with van der Waals surface area (Å²) in [6.45, 7) is 0. The van der Waals surface area contributed by atoms with Crippen LogP contribution in [0.4, 0.5) is 0 Å². The van der Waals surface area contributed by atoms with E-state index in [1.165, 1.54) is 94.3 Å². The first-order valence-corrected chi connectivity index (χ1v) is 21.0. The lowest BCUT2D eigenvalue weighted by Crippen LogP contribution is -2.55. The van der Waals surface area contributed by atoms with E-state index >= 15 is 0 Å². The van der Waals surface area contributed by atoms with Crippen molar-refractivity contribution in [1.29, 1.82) is 0 Å². The summed E-state index contributed by atoms with van der Waals surface area (Å²) in [4.78, 5) is 0. The Morgan fingerprint density at radius 3 is 2.14 bits per heavy atom. The Hall–Kier alpha value is -5.86. The molecule has 2 nitrogen and oxygen atoms in total. The Bertz CT molecular complexity index is 3100. The molecule has 0 amide bonds. The maximum Gasteiger partial charge on any atom is 0.136 e. The fourth-order valence-corrected chi connectivity index (χ4v) is 13.5. The van der Waals surface area contributed by atoms with E-state index < -0.39 is 0 Å². The van der Waals surface area contributed by atoms with Gasteiger partial charge in [-0.3, -0.25) is 0 Å². The van der Waals surface area contributed by atoms with Crippen LogP contribution in [0.5, 0.6) is 11.5 Å². The summed E-state index contributed by atoms with van der Waals surface area (Å²) in [5.74, 6) is 5.35. The lowest BCUT2D eigenvalue weighted by Gasteiger charge is -2.62. The van der Waals surface area contributed by atoms with Crippen LogP contribution >= 0.6 is 0 Å². The molecule has 56 heavy (non-hydrogen) atoms. The first-order chi connectivity index (χ1) is 27.7. The van der Waals surface area contributed by atoms with Gasteiger partial charge in [-0.15, -0.1) is 0 Å². The lowest BCUT2D eigenvalue weighted by molar-refractivity contribution is -0.0433. The zero-order valence-electron chi connectivity index (χ0n) is 31.3. The van der Waals surface area contributed by atoms with Crippen molar-refractivity contribution < 1.29 is 9.15 Å². The monoisotopic (exact) mass is 720 g/mol. The van der Waals surface area contributed by atoms with E-state index in [-0.39, 0.29) is 5.41 Å². The minimum atomic E-state index is 0.236. The van der Waals surface area contributed by atoms with Crippen molar-refractivity contribution in [3.05, 3.63) is 150 Å². The number of allylic oxidation sites excluding steroid dienone is 4. The van der Waals surface area contributed by atoms with Crippen LogP contribution in [0.3, 0.4) is 0 Å². The number of rotatable bonds is 2. The fraction of sp³-hybridized carbons (Fsp3) is 0.222. The van der Waals surface area contributed by atoms with Crippen LogP contribution in [0.1, 0.15) is 56.1 Å². The Balaban J connectivity index is 0.924. The summed E-state index contributed by atoms with van der Waals surface area (Å²) in [5, 5.41) is 7.19. The van der Waals surface area contributed by atoms with E-state index in [1.807, 2.05) is 0 Å². The largest absolute Gasteiger partial charge is 0.456 e. The molecule has 0 unspecified atom stereocenters. The van der Waals surface area contributed by atoms with Gasteiger partial charge in [0.1, 0.15) is 22.7 Å². The van der Waals surface area contributed by atoms with Gasteiger partial charge in [-0.2, -0.15) is 0 Å². The standard InChI is InChI=1S/C54H40O2/c1-2-8-33-29-51-45(26-32(33)7-1)52-39(10-6-14-49(52)56-51)34-16-19-48-44(27-34)43-12-5-11-42-38(18-20-50(55-48)53(42)43)35-15-17-41-40-9-3-4-13-46(40)54(47(41)28-35)36-22-30-21-31(24-36)25-37(54)23-30/h1-3,5-12,14-20,26-31,36-37H,4,13,21-25H2. The van der Waals surface area contributed by atoms with E-state index in [9.17, 15) is 0 Å². The van der Waals surface area contributed by atoms with Gasteiger partial charge in [0.05, 0.1) is 0 Å². The van der Waals surface area contributed by atoms with Crippen molar-refractivity contribution in [2.75, 3.05) is 0 Å². The number of fused-ring (bicyclic) bond motifs is 8. The van der Waals surface area contributed by atoms with Crippen molar-refractivity contribution in [2.45, 2.75) is 50.4 Å². The van der Waals surface area contributed by atoms with Gasteiger partial charge in [0.15, 0.2) is 0 Å². The molecular formula is C54H40O2. The minimum absolute atomic E-state index is 0.236. The number of benzene rings is 7. The van der Waals surface area contributed by atoms with Gasteiger partial charge < -0.3 is 9.15 Å². The summed E-state index contributed by atoms with van der Waals surface area (Å²) in [6.07, 6.45) is 14.6. The number of hydrogen-bond donors (Lipinski definition) is 0. The normalized spacial score (nSPS) is 25.1. The topological polar surface area (TPSA) is 22.4 Å². The Kier molecular flexibility index (Phi) is 5.81. The maximum absolute atomic E-state index is 6.78. The Labute approximate surface area is 326 Å². The van der Waals surface area contributed by atoms with Gasteiger partial charge in [0.25, 0.3) is 0 Å². The van der Waals surface area contributed by atoms with E-state index in [1.54, 1.807) is 16.7 Å². The maximum atomic E-state index is 6.78. The van der Waals surface area contributed by atoms with Gasteiger partial charge in [-0.25, -0.2) is 0 Å². The minimum Gasteiger partial charge on any atom is -0.456 e. The molecule has 4 fully saturated rings. The quantitative estimate of drug-likeness (QED) is 0.177. The highest BCUT2D eigenvalue weighted by molar-refractivity contribution is 6.16. The van der Waals surface area contributed by atoms with Crippen LogP contribution in [0, 0.1) is 23.7 Å². The van der Waals surface area contributed by atoms with E-state index in [0.717, 1.165) is 68.2 Å². The van der Waals surface area contributed by atoms with Gasteiger partial charge in [0, 0.05) is 27.1 Å². The molecule has 0 radical (unpaired) electrons. The zero-order chi connectivity index (χ0) is 36.3. The van der Waals surface area contributed by atoms with Crippen LogP contribution in [-0.4, -0.2) is 0 Å². The Morgan fingerprint density at radius 1 is 0.518 bits per heavy atom. The fourth-order valence-electron chi connectivity index (χ4n) is 13.5. The summed E-state index contributed by atoms with van der Waals surface area (Å²) in [7, 11) is 0. The molecule has 15 rings (SSSR count). The molecule has 0 N–H and O–H groups in total. The molecule has 0 saturated heterocycles. The molecule has 6 aliphatic carbocycles. The van der Waals surface area contributed by atoms with Crippen LogP contribution < -0.4 is 4.74 Å². The second-order valence-corrected chi connectivity index (χ2v) is 17.9. The molecule has 1 aliphatic heterocycles. The molecule has 1 aromatic heterocycles. The average molecular weight is 721 g/mol. The second kappa shape index (κ2) is 10.7. The van der Waals surface area contributed by atoms with Gasteiger partial charge in [-0.05, 0) is 172 Å². The van der Waals surface area contributed by atoms with Crippen molar-refractivity contribution >= 4 is 49.1 Å². The van der Waals surface area contributed by atoms with Crippen LogP contribution in [-0.2, 0) is 5.41 Å². The van der Waals surface area contributed by atoms with E-state index in [0.29, 0.717) is 0 Å². The van der Waals surface area contributed by atoms with E-state index in [2.05, 4.69) is 133 Å². The molecule has 268 valence electrons. The molecule has 0 atom stereocenters. The highest BCUT2D eigenvalue weighted by atomic mass is 16.5. The molecule has 8 aromatic rings. The predicted octanol–water partition coefficient (Wildman–Crippen LogP) is 14.8. The van der Waals surface area contributed by atoms with Crippen LogP contribution in [0.25, 0.3) is 82.4 Å². The third-order valence-corrected chi connectivity index (χ3v) is 15.3. The van der Waals surface area contributed by atoms with Crippen LogP contribution in [0.2, 0.25) is 0 Å². The second-order valence-electron chi connectivity index (χ2n) is 17.9. The summed E-state index contributed by atoms with van der Waals surface area (Å²) < 4.78 is 13.3. The third kappa shape index (κ3) is 3.83. The first kappa shape index (κ1) is 30.4. The number of ether oxygens (including phenoxy) is 1. The molecule has 2 heteroatoms. The van der Waals surface area contributed by atoms with Crippen molar-refractivity contribution in [3.63, 3.8) is 0 Å². The van der Waals surface area contributed by atoms with Gasteiger partial charge in [-0.1, -0.05) is 96.6 Å². The molecule has 1 spiro atoms. The number of furan rings is 1. The molecule has 7 aromatic carbocycles. The van der Waals surface area contributed by atoms with Crippen molar-refractivity contribution in [2.24, 2.45) is 23.7 Å². The third-order valence-electron chi connectivity index (χ3n) is 15.3. The SMILES string of the molecule is C1=CC2=C(CC1)C1(c3cc(-c4ccc5c6c(cccc46)-c4cc(-c6cccc7oc8cc9ccccc9cc8c67)ccc4O5)ccc32)C2CC3CC(C2)CC1C3. The highest BCUT2D eigenvalue weighted by Crippen LogP contribution is 2.70. The van der Waals surface area contributed by atoms with Crippen molar-refractivity contribution in [1.82, 2.24) is 0 Å². The van der Waals surface area contributed by atoms with Gasteiger partial charge in [0.2, 0.25) is 0 Å². The summed E-state index contributed by atoms with van der Waals surface area (Å²) in [6, 6.07) is 45.1. The molecule has 4 bridgehead atoms. The first-order valence-electron chi connectivity index (χ1n) is 21.0. The highest BCUT2D eigenvalue weighted by Gasteiger charge is 2.62. The van der Waals surface area contributed by atoms with Crippen molar-refractivity contribution in [3.8, 4) is 44.9 Å². The zero-order valence-corrected chi connectivity index (χ0v) is 31.3. The number of hydrogen-bond acceptors (Lipinski definition) is 2. The summed E-state index contributed by atoms with van der Waals surface area (Å²) >= 11 is 0. The van der Waals surface area contributed by atoms with E-state index in [4.69, 9.17) is 9.15 Å². The van der Waals surface area contributed by atoms with Gasteiger partial charge >= 0.3 is 0 Å². The van der Waals surface area contributed by atoms with Crippen LogP contribution in [0.15, 0.2) is 143 Å². The predicted molar refractivity (Wildman–Crippen MR) is 229 cm³/mol. The Morgan fingerprint density at radius 2 is 1.27 bits per heavy atom. The molecule has 4 saturated carbocycles. The molecular weight excluding hydrogens is 681 g/mol.